The molecule has 0 spiro atoms. The summed E-state index contributed by atoms with van der Waals surface area (Å²) in [5.41, 5.74) is 5.47. The number of nitrogens with one attached hydrogen (secondary N) is 5. The number of morpholine rings is 1. The summed E-state index contributed by atoms with van der Waals surface area (Å²) in [6.45, 7) is 9.09. The number of carbonyl (C=O) groups excluding carboxylic acids is 6. The first-order valence-corrected chi connectivity index (χ1v) is 15.2. The number of primary amides is 1. The van der Waals surface area contributed by atoms with Gasteiger partial charge in [-0.15, -0.1) is 0 Å². The molecule has 0 bridgehead atoms. The van der Waals surface area contributed by atoms with Gasteiger partial charge in [0.25, 0.3) is 5.91 Å². The van der Waals surface area contributed by atoms with E-state index in [4.69, 9.17) is 15.2 Å². The molecule has 1 aromatic rings. The molecule has 2 aliphatic heterocycles. The third kappa shape index (κ3) is 11.3. The highest BCUT2D eigenvalue weighted by molar-refractivity contribution is 6.01. The Morgan fingerprint density at radius 1 is 1.02 bits per heavy atom. The van der Waals surface area contributed by atoms with Gasteiger partial charge in [0.1, 0.15) is 30.5 Å². The second-order valence-corrected chi connectivity index (χ2v) is 11.6. The van der Waals surface area contributed by atoms with Crippen molar-refractivity contribution in [2.45, 2.75) is 64.2 Å². The second-order valence-electron chi connectivity index (χ2n) is 11.6. The topological polar surface area (TPSA) is 210 Å². The van der Waals surface area contributed by atoms with Crippen molar-refractivity contribution >= 4 is 35.4 Å². The second kappa shape index (κ2) is 17.3. The molecule has 3 rings (SSSR count). The Morgan fingerprint density at radius 2 is 1.73 bits per heavy atom. The van der Waals surface area contributed by atoms with E-state index in [1.54, 1.807) is 39.0 Å². The minimum atomic E-state index is -1.42. The lowest BCUT2D eigenvalue weighted by molar-refractivity contribution is -0.135. The number of hydrogen-bond acceptors (Lipinski definition) is 9. The van der Waals surface area contributed by atoms with Crippen LogP contribution in [0, 0.1) is 5.92 Å². The minimum Gasteiger partial charge on any atom is -0.491 e. The maximum Gasteiger partial charge on any atom is 0.255 e. The molecule has 2 heterocycles. The van der Waals surface area contributed by atoms with E-state index in [0.29, 0.717) is 26.2 Å². The van der Waals surface area contributed by atoms with Crippen LogP contribution < -0.4 is 37.1 Å². The van der Waals surface area contributed by atoms with Crippen LogP contribution in [0.25, 0.3) is 0 Å². The number of fused-ring (bicyclic) bond motifs is 1. The van der Waals surface area contributed by atoms with Gasteiger partial charge in [0.2, 0.25) is 29.5 Å². The van der Waals surface area contributed by atoms with Crippen LogP contribution in [0.4, 0.5) is 0 Å². The van der Waals surface area contributed by atoms with Gasteiger partial charge in [0.15, 0.2) is 0 Å². The van der Waals surface area contributed by atoms with Crippen molar-refractivity contribution in [1.82, 2.24) is 31.5 Å². The van der Waals surface area contributed by atoms with Crippen molar-refractivity contribution in [2.75, 3.05) is 46.0 Å². The van der Waals surface area contributed by atoms with E-state index in [1.165, 1.54) is 6.07 Å². The van der Waals surface area contributed by atoms with Gasteiger partial charge < -0.3 is 41.8 Å². The van der Waals surface area contributed by atoms with Crippen molar-refractivity contribution in [3.63, 3.8) is 0 Å². The molecule has 15 heteroatoms. The fourth-order valence-corrected chi connectivity index (χ4v) is 4.91. The van der Waals surface area contributed by atoms with Crippen molar-refractivity contribution in [1.29, 1.82) is 0 Å². The molecule has 0 aromatic heterocycles. The van der Waals surface area contributed by atoms with Gasteiger partial charge in [-0.3, -0.25) is 33.7 Å². The molecule has 4 atom stereocenters. The van der Waals surface area contributed by atoms with Crippen molar-refractivity contribution < 1.29 is 38.2 Å². The van der Waals surface area contributed by atoms with Gasteiger partial charge in [-0.05, 0) is 37.9 Å². The van der Waals surface area contributed by atoms with E-state index in [9.17, 15) is 28.8 Å². The molecule has 15 nitrogen and oxygen atoms in total. The summed E-state index contributed by atoms with van der Waals surface area (Å²) in [7, 11) is 0. The number of benzene rings is 1. The van der Waals surface area contributed by atoms with Crippen molar-refractivity contribution in [3.05, 3.63) is 29.8 Å². The zero-order valence-corrected chi connectivity index (χ0v) is 26.1. The molecule has 45 heavy (non-hydrogen) atoms. The summed E-state index contributed by atoms with van der Waals surface area (Å²) in [5.74, 6) is -4.37. The molecule has 248 valence electrons. The number of nitrogens with zero attached hydrogens (tertiary/aromatic N) is 1. The maximum atomic E-state index is 13.4. The maximum absolute atomic E-state index is 13.4. The van der Waals surface area contributed by atoms with Crippen LogP contribution in [0.2, 0.25) is 0 Å². The lowest BCUT2D eigenvalue weighted by atomic mass is 10.0. The Hall–Kier alpha value is -4.24. The van der Waals surface area contributed by atoms with E-state index >= 15 is 0 Å². The first-order valence-electron chi connectivity index (χ1n) is 15.2. The Kier molecular flexibility index (Phi) is 13.5. The van der Waals surface area contributed by atoms with E-state index < -0.39 is 72.5 Å². The highest BCUT2D eigenvalue weighted by Crippen LogP contribution is 2.19. The lowest BCUT2D eigenvalue weighted by Crippen LogP contribution is -2.58. The summed E-state index contributed by atoms with van der Waals surface area (Å²) < 4.78 is 11.2. The SMILES string of the molecule is CC(C)[C@H]1NC(=O)[C@H](CC(N)=O)NC(=O)C[C@@H](C(=O)NCCCN2CCOCC2)NC(=O)c2ccccc2OC[C@H](C)NC1=O. The Morgan fingerprint density at radius 3 is 2.42 bits per heavy atom. The summed E-state index contributed by atoms with van der Waals surface area (Å²) in [6.07, 6.45) is -0.456. The molecule has 0 unspecified atom stereocenters. The van der Waals surface area contributed by atoms with Crippen LogP contribution in [0.3, 0.4) is 0 Å². The average molecular weight is 632 g/mol. The van der Waals surface area contributed by atoms with E-state index in [2.05, 4.69) is 31.5 Å². The van der Waals surface area contributed by atoms with E-state index in [1.807, 2.05) is 0 Å². The van der Waals surface area contributed by atoms with E-state index in [0.717, 1.165) is 19.6 Å². The molecule has 2 aliphatic rings. The number of rotatable bonds is 8. The van der Waals surface area contributed by atoms with E-state index in [-0.39, 0.29) is 23.8 Å². The first kappa shape index (κ1) is 35.2. The predicted octanol–water partition coefficient (Wildman–Crippen LogP) is -1.59. The Bertz CT molecular complexity index is 1220. The Labute approximate surface area is 262 Å². The number of nitrogens with two attached hydrogens (primary N) is 1. The molecular weight excluding hydrogens is 586 g/mol. The molecule has 1 saturated heterocycles. The average Bonchev–Trinajstić information content (AvgIpc) is 2.99. The van der Waals surface area contributed by atoms with Crippen LogP contribution in [-0.2, 0) is 28.7 Å². The molecule has 1 aromatic carbocycles. The first-order chi connectivity index (χ1) is 21.4. The zero-order valence-electron chi connectivity index (χ0n) is 26.1. The quantitative estimate of drug-likeness (QED) is 0.183. The third-order valence-electron chi connectivity index (χ3n) is 7.38. The molecule has 7 N–H and O–H groups in total. The fraction of sp³-hybridized carbons (Fsp3) is 0.600. The van der Waals surface area contributed by atoms with Crippen LogP contribution >= 0.6 is 0 Å². The molecule has 0 aliphatic carbocycles. The fourth-order valence-electron chi connectivity index (χ4n) is 4.91. The summed E-state index contributed by atoms with van der Waals surface area (Å²) in [5, 5.41) is 13.2. The third-order valence-corrected chi connectivity index (χ3v) is 7.38. The molecular formula is C30H45N7O8. The van der Waals surface area contributed by atoms with Crippen molar-refractivity contribution in [3.8, 4) is 5.75 Å². The zero-order chi connectivity index (χ0) is 32.9. The Balaban J connectivity index is 1.85. The largest absolute Gasteiger partial charge is 0.491 e. The molecule has 1 fully saturated rings. The monoisotopic (exact) mass is 631 g/mol. The summed E-state index contributed by atoms with van der Waals surface area (Å²) in [6, 6.07) is 2.11. The smallest absolute Gasteiger partial charge is 0.255 e. The van der Waals surface area contributed by atoms with Crippen LogP contribution in [0.1, 0.15) is 50.4 Å². The highest BCUT2D eigenvalue weighted by atomic mass is 16.5. The van der Waals surface area contributed by atoms with Crippen LogP contribution in [0.5, 0.6) is 5.75 Å². The summed E-state index contributed by atoms with van der Waals surface area (Å²) >= 11 is 0. The molecule has 6 amide bonds. The van der Waals surface area contributed by atoms with Crippen molar-refractivity contribution in [2.24, 2.45) is 11.7 Å². The van der Waals surface area contributed by atoms with Crippen LogP contribution in [0.15, 0.2) is 24.3 Å². The minimum absolute atomic E-state index is 0.00774. The molecule has 0 radical (unpaired) electrons. The number of hydrogen-bond donors (Lipinski definition) is 6. The summed E-state index contributed by atoms with van der Waals surface area (Å²) in [4.78, 5) is 80.2. The molecule has 0 saturated carbocycles. The van der Waals surface area contributed by atoms with Gasteiger partial charge in [-0.25, -0.2) is 0 Å². The van der Waals surface area contributed by atoms with Gasteiger partial charge >= 0.3 is 0 Å². The van der Waals surface area contributed by atoms with Gasteiger partial charge in [0.05, 0.1) is 37.7 Å². The highest BCUT2D eigenvalue weighted by Gasteiger charge is 2.32. The normalized spacial score (nSPS) is 24.2. The van der Waals surface area contributed by atoms with Gasteiger partial charge in [-0.2, -0.15) is 0 Å². The van der Waals surface area contributed by atoms with Crippen LogP contribution in [-0.4, -0.2) is 111 Å². The number of carbonyl (C=O) groups is 6. The standard InChI is InChI=1S/C30H45N7O8/c1-18(2)26-30(43)33-19(3)17-45-23-8-5-4-7-20(23)27(40)35-22(16-25(39)34-21(15-24(31)38)29(42)36-26)28(41)32-9-6-10-37-11-13-44-14-12-37/h4-5,7-8,18-19,21-22,26H,6,9-17H2,1-3H3,(H2,31,38)(H,32,41)(H,33,43)(H,34,39)(H,35,40)(H,36,42)/t19-,21-,22-,26+/m0/s1. The number of ether oxygens (including phenoxy) is 2. The number of para-hydroxylation sites is 1. The predicted molar refractivity (Wildman–Crippen MR) is 163 cm³/mol. The lowest BCUT2D eigenvalue weighted by Gasteiger charge is -2.27. The van der Waals surface area contributed by atoms with Gasteiger partial charge in [-0.1, -0.05) is 26.0 Å². The van der Waals surface area contributed by atoms with Gasteiger partial charge in [0, 0.05) is 19.6 Å². The number of amides is 6.